The van der Waals surface area contributed by atoms with Crippen molar-refractivity contribution >= 4 is 33.3 Å². The van der Waals surface area contributed by atoms with E-state index >= 15 is 0 Å². The maximum atomic E-state index is 11.8. The van der Waals surface area contributed by atoms with E-state index in [0.29, 0.717) is 4.75 Å². The first-order valence-electron chi connectivity index (χ1n) is 4.90. The van der Waals surface area contributed by atoms with E-state index in [1.165, 1.54) is 17.1 Å². The van der Waals surface area contributed by atoms with Crippen LogP contribution in [-0.2, 0) is 6.54 Å². The first-order chi connectivity index (χ1) is 7.18. The van der Waals surface area contributed by atoms with Gasteiger partial charge >= 0.3 is 4.87 Å². The van der Waals surface area contributed by atoms with E-state index in [-0.39, 0.29) is 4.87 Å². The van der Waals surface area contributed by atoms with Crippen molar-refractivity contribution in [3.8, 4) is 0 Å². The Morgan fingerprint density at radius 2 is 2.20 bits per heavy atom. The van der Waals surface area contributed by atoms with Crippen LogP contribution in [0.5, 0.6) is 0 Å². The van der Waals surface area contributed by atoms with Crippen molar-refractivity contribution in [1.29, 1.82) is 0 Å². The van der Waals surface area contributed by atoms with Gasteiger partial charge in [-0.25, -0.2) is 0 Å². The van der Waals surface area contributed by atoms with Crippen LogP contribution in [0.3, 0.4) is 0 Å². The molecule has 0 bridgehead atoms. The topological polar surface area (TPSA) is 22.0 Å². The Kier molecular flexibility index (Phi) is 1.97. The fraction of sp³-hybridized carbons (Fsp3) is 0.364. The second-order valence-electron chi connectivity index (χ2n) is 4.16. The average molecular weight is 237 g/mol. The third kappa shape index (κ3) is 1.62. The van der Waals surface area contributed by atoms with Crippen molar-refractivity contribution in [2.45, 2.75) is 18.2 Å². The molecule has 1 unspecified atom stereocenters. The molecule has 0 amide bonds. The van der Waals surface area contributed by atoms with Crippen LogP contribution in [0.25, 0.3) is 10.2 Å². The van der Waals surface area contributed by atoms with Gasteiger partial charge in [0.15, 0.2) is 0 Å². The zero-order valence-corrected chi connectivity index (χ0v) is 10.0. The SMILES string of the molecule is CC1(Cn2c(=O)sc3ccccc32)CS1. The number of fused-ring (bicyclic) bond motifs is 1. The summed E-state index contributed by atoms with van der Waals surface area (Å²) in [4.78, 5) is 12.0. The van der Waals surface area contributed by atoms with Gasteiger partial charge in [0.2, 0.25) is 0 Å². The number of nitrogens with zero attached hydrogens (tertiary/aromatic N) is 1. The van der Waals surface area contributed by atoms with Crippen LogP contribution in [0.1, 0.15) is 6.92 Å². The van der Waals surface area contributed by atoms with Crippen molar-refractivity contribution in [3.05, 3.63) is 33.9 Å². The van der Waals surface area contributed by atoms with Crippen LogP contribution < -0.4 is 4.87 Å². The van der Waals surface area contributed by atoms with Crippen LogP contribution >= 0.6 is 23.1 Å². The Morgan fingerprint density at radius 3 is 2.93 bits per heavy atom. The molecular formula is C11H11NOS2. The highest BCUT2D eigenvalue weighted by atomic mass is 32.2. The standard InChI is InChI=1S/C11H11NOS2/c1-11(7-14-11)6-12-8-4-2-3-5-9(8)15-10(12)13/h2-5H,6-7H2,1H3. The number of rotatable bonds is 2. The number of benzene rings is 1. The number of para-hydroxylation sites is 1. The van der Waals surface area contributed by atoms with Crippen LogP contribution in [-0.4, -0.2) is 15.1 Å². The third-order valence-corrected chi connectivity index (χ3v) is 5.07. The highest BCUT2D eigenvalue weighted by Gasteiger charge is 2.39. The molecule has 1 saturated heterocycles. The van der Waals surface area contributed by atoms with Crippen LogP contribution in [0.2, 0.25) is 0 Å². The van der Waals surface area contributed by atoms with Crippen molar-refractivity contribution in [1.82, 2.24) is 4.57 Å². The smallest absolute Gasteiger partial charge is 0.297 e. The molecular weight excluding hydrogens is 226 g/mol. The predicted molar refractivity (Wildman–Crippen MR) is 66.9 cm³/mol. The molecule has 4 heteroatoms. The van der Waals surface area contributed by atoms with Gasteiger partial charge in [-0.05, 0) is 19.1 Å². The van der Waals surface area contributed by atoms with Gasteiger partial charge in [-0.1, -0.05) is 23.5 Å². The lowest BCUT2D eigenvalue weighted by molar-refractivity contribution is 0.623. The molecule has 0 saturated carbocycles. The summed E-state index contributed by atoms with van der Waals surface area (Å²) in [6.07, 6.45) is 0. The van der Waals surface area contributed by atoms with Crippen molar-refractivity contribution in [3.63, 3.8) is 0 Å². The second kappa shape index (κ2) is 3.12. The van der Waals surface area contributed by atoms with Gasteiger partial charge in [-0.2, -0.15) is 11.8 Å². The summed E-state index contributed by atoms with van der Waals surface area (Å²) in [5.41, 5.74) is 1.08. The van der Waals surface area contributed by atoms with Gasteiger partial charge in [0.25, 0.3) is 0 Å². The minimum absolute atomic E-state index is 0.171. The summed E-state index contributed by atoms with van der Waals surface area (Å²) in [5, 5.41) is 0. The van der Waals surface area contributed by atoms with E-state index in [0.717, 1.165) is 16.8 Å². The lowest BCUT2D eigenvalue weighted by atomic mass is 10.2. The van der Waals surface area contributed by atoms with Crippen molar-refractivity contribution in [2.24, 2.45) is 0 Å². The molecule has 0 radical (unpaired) electrons. The summed E-state index contributed by atoms with van der Waals surface area (Å²) in [7, 11) is 0. The molecule has 1 atom stereocenters. The normalized spacial score (nSPS) is 24.6. The maximum Gasteiger partial charge on any atom is 0.308 e. The largest absolute Gasteiger partial charge is 0.308 e. The lowest BCUT2D eigenvalue weighted by Crippen LogP contribution is -2.21. The van der Waals surface area contributed by atoms with Crippen LogP contribution in [0, 0.1) is 0 Å². The molecule has 78 valence electrons. The zero-order chi connectivity index (χ0) is 10.5. The summed E-state index contributed by atoms with van der Waals surface area (Å²) in [6.45, 7) is 3.07. The maximum absolute atomic E-state index is 11.8. The van der Waals surface area contributed by atoms with E-state index in [1.807, 2.05) is 40.6 Å². The molecule has 0 N–H and O–H groups in total. The zero-order valence-electron chi connectivity index (χ0n) is 8.40. The van der Waals surface area contributed by atoms with Crippen LogP contribution in [0.15, 0.2) is 29.1 Å². The lowest BCUT2D eigenvalue weighted by Gasteiger charge is -2.07. The van der Waals surface area contributed by atoms with E-state index < -0.39 is 0 Å². The number of thioether (sulfide) groups is 1. The highest BCUT2D eigenvalue weighted by Crippen LogP contribution is 2.45. The fourth-order valence-electron chi connectivity index (χ4n) is 1.71. The van der Waals surface area contributed by atoms with Gasteiger partial charge in [-0.15, -0.1) is 0 Å². The molecule has 1 aliphatic rings. The van der Waals surface area contributed by atoms with E-state index in [9.17, 15) is 4.79 Å². The molecule has 1 aromatic heterocycles. The molecule has 0 spiro atoms. The monoisotopic (exact) mass is 237 g/mol. The summed E-state index contributed by atoms with van der Waals surface area (Å²) in [5.74, 6) is 1.17. The number of aromatic nitrogens is 1. The van der Waals surface area contributed by atoms with E-state index in [1.54, 1.807) is 0 Å². The number of hydrogen-bond donors (Lipinski definition) is 0. The Morgan fingerprint density at radius 1 is 1.47 bits per heavy atom. The molecule has 2 nitrogen and oxygen atoms in total. The first-order valence-corrected chi connectivity index (χ1v) is 6.71. The van der Waals surface area contributed by atoms with Gasteiger partial charge in [0, 0.05) is 17.0 Å². The summed E-state index contributed by atoms with van der Waals surface area (Å²) in [6, 6.07) is 8.02. The second-order valence-corrected chi connectivity index (χ2v) is 6.72. The number of hydrogen-bond acceptors (Lipinski definition) is 3. The van der Waals surface area contributed by atoms with Gasteiger partial charge in [0.1, 0.15) is 0 Å². The Bertz CT molecular complexity index is 565. The van der Waals surface area contributed by atoms with Gasteiger partial charge in [0.05, 0.1) is 10.2 Å². The highest BCUT2D eigenvalue weighted by molar-refractivity contribution is 8.07. The van der Waals surface area contributed by atoms with Crippen LogP contribution in [0.4, 0.5) is 0 Å². The Hall–Kier alpha value is -0.740. The van der Waals surface area contributed by atoms with Gasteiger partial charge < -0.3 is 0 Å². The summed E-state index contributed by atoms with van der Waals surface area (Å²) >= 11 is 3.28. The first kappa shape index (κ1) is 9.48. The molecule has 2 aromatic rings. The molecule has 1 aliphatic heterocycles. The molecule has 0 aliphatic carbocycles. The average Bonchev–Trinajstić information content (AvgIpc) is 2.86. The molecule has 1 fully saturated rings. The van der Waals surface area contributed by atoms with E-state index in [4.69, 9.17) is 0 Å². The third-order valence-electron chi connectivity index (χ3n) is 2.70. The summed E-state index contributed by atoms with van der Waals surface area (Å²) < 4.78 is 3.31. The predicted octanol–water partition coefficient (Wildman–Crippen LogP) is 2.57. The van der Waals surface area contributed by atoms with E-state index in [2.05, 4.69) is 6.92 Å². The minimum Gasteiger partial charge on any atom is -0.297 e. The molecule has 2 heterocycles. The Labute approximate surface area is 95.9 Å². The molecule has 15 heavy (non-hydrogen) atoms. The fourth-order valence-corrected chi connectivity index (χ4v) is 3.16. The molecule has 1 aromatic carbocycles. The van der Waals surface area contributed by atoms with Gasteiger partial charge in [-0.3, -0.25) is 9.36 Å². The molecule has 3 rings (SSSR count). The van der Waals surface area contributed by atoms with Crippen molar-refractivity contribution in [2.75, 3.05) is 5.75 Å². The van der Waals surface area contributed by atoms with Crippen molar-refractivity contribution < 1.29 is 0 Å². The quantitative estimate of drug-likeness (QED) is 0.749. The Balaban J connectivity index is 2.16. The number of thiazole rings is 1. The minimum atomic E-state index is 0.171.